The molecule has 2 saturated heterocycles. The van der Waals surface area contributed by atoms with Gasteiger partial charge in [0.2, 0.25) is 10.0 Å². The van der Waals surface area contributed by atoms with Crippen molar-refractivity contribution in [3.8, 4) is 0 Å². The average molecular weight is 473 g/mol. The van der Waals surface area contributed by atoms with Crippen LogP contribution >= 0.6 is 0 Å². The van der Waals surface area contributed by atoms with E-state index >= 15 is 0 Å². The SMILES string of the molecule is O=C(NCCCN1CCOCC1)C(=O)NC[C@@H]1OCCCN1S(=O)(=O)c1ccc(F)cc1. The van der Waals surface area contributed by atoms with Crippen LogP contribution in [0.2, 0.25) is 0 Å². The molecule has 32 heavy (non-hydrogen) atoms. The number of ether oxygens (including phenoxy) is 2. The molecule has 0 saturated carbocycles. The first-order valence-electron chi connectivity index (χ1n) is 10.6. The smallest absolute Gasteiger partial charge is 0.309 e. The molecule has 2 aliphatic rings. The fraction of sp³-hybridized carbons (Fsp3) is 0.600. The Balaban J connectivity index is 1.46. The lowest BCUT2D eigenvalue weighted by atomic mass is 10.3. The lowest BCUT2D eigenvalue weighted by molar-refractivity contribution is -0.140. The standard InChI is InChI=1S/C20H29FN4O6S/c21-16-3-5-17(6-4-16)32(28,29)25-9-2-12-31-18(25)15-23-20(27)19(26)22-7-1-8-24-10-13-30-14-11-24/h3-6,18H,1-2,7-15H2,(H,22,26)(H,23,27)/t18-/m0/s1. The van der Waals surface area contributed by atoms with Gasteiger partial charge in [0.1, 0.15) is 12.0 Å². The number of halogens is 1. The molecule has 0 spiro atoms. The third kappa shape index (κ3) is 6.69. The number of nitrogens with one attached hydrogen (secondary N) is 2. The van der Waals surface area contributed by atoms with Gasteiger partial charge in [0.05, 0.1) is 31.3 Å². The summed E-state index contributed by atoms with van der Waals surface area (Å²) >= 11 is 0. The van der Waals surface area contributed by atoms with Gasteiger partial charge >= 0.3 is 11.8 Å². The third-order valence-corrected chi connectivity index (χ3v) is 7.16. The lowest BCUT2D eigenvalue weighted by Gasteiger charge is -2.34. The average Bonchev–Trinajstić information content (AvgIpc) is 2.81. The van der Waals surface area contributed by atoms with Gasteiger partial charge in [-0.2, -0.15) is 4.31 Å². The molecule has 12 heteroatoms. The zero-order chi connectivity index (χ0) is 23.0. The quantitative estimate of drug-likeness (QED) is 0.388. The number of benzene rings is 1. The first-order valence-corrected chi connectivity index (χ1v) is 12.1. The van der Waals surface area contributed by atoms with Crippen molar-refractivity contribution in [1.82, 2.24) is 19.8 Å². The van der Waals surface area contributed by atoms with Crippen molar-refractivity contribution >= 4 is 21.8 Å². The van der Waals surface area contributed by atoms with E-state index in [1.54, 1.807) is 0 Å². The second kappa shape index (κ2) is 11.7. The number of carbonyl (C=O) groups is 2. The van der Waals surface area contributed by atoms with Crippen LogP contribution in [-0.2, 0) is 29.1 Å². The number of amides is 2. The Hall–Kier alpha value is -2.12. The van der Waals surface area contributed by atoms with Gasteiger partial charge in [-0.15, -0.1) is 0 Å². The summed E-state index contributed by atoms with van der Waals surface area (Å²) < 4.78 is 50.9. The van der Waals surface area contributed by atoms with E-state index in [0.29, 0.717) is 39.2 Å². The van der Waals surface area contributed by atoms with Gasteiger partial charge in [0.25, 0.3) is 0 Å². The molecule has 2 aliphatic heterocycles. The fourth-order valence-corrected chi connectivity index (χ4v) is 5.08. The van der Waals surface area contributed by atoms with Gasteiger partial charge in [-0.3, -0.25) is 14.5 Å². The van der Waals surface area contributed by atoms with Crippen LogP contribution in [0.3, 0.4) is 0 Å². The summed E-state index contributed by atoms with van der Waals surface area (Å²) in [7, 11) is -3.95. The maximum absolute atomic E-state index is 13.2. The molecule has 0 unspecified atom stereocenters. The summed E-state index contributed by atoms with van der Waals surface area (Å²) in [5.74, 6) is -2.18. The van der Waals surface area contributed by atoms with Gasteiger partial charge < -0.3 is 20.1 Å². The number of rotatable bonds is 8. The zero-order valence-corrected chi connectivity index (χ0v) is 18.6. The molecule has 0 aromatic heterocycles. The highest BCUT2D eigenvalue weighted by atomic mass is 32.2. The number of morpholine rings is 1. The first-order chi connectivity index (χ1) is 15.4. The van der Waals surface area contributed by atoms with Crippen molar-refractivity contribution in [2.24, 2.45) is 0 Å². The monoisotopic (exact) mass is 472 g/mol. The van der Waals surface area contributed by atoms with Gasteiger partial charge in [-0.1, -0.05) is 0 Å². The summed E-state index contributed by atoms with van der Waals surface area (Å²) in [5, 5.41) is 5.00. The van der Waals surface area contributed by atoms with E-state index < -0.39 is 33.9 Å². The number of carbonyl (C=O) groups excluding carboxylic acids is 2. The van der Waals surface area contributed by atoms with Crippen molar-refractivity contribution in [3.05, 3.63) is 30.1 Å². The summed E-state index contributed by atoms with van der Waals surface area (Å²) in [6, 6.07) is 4.49. The maximum Gasteiger partial charge on any atom is 0.309 e. The minimum Gasteiger partial charge on any atom is -0.379 e. The van der Waals surface area contributed by atoms with E-state index in [1.165, 1.54) is 12.1 Å². The van der Waals surface area contributed by atoms with E-state index in [0.717, 1.165) is 36.1 Å². The largest absolute Gasteiger partial charge is 0.379 e. The molecule has 0 aliphatic carbocycles. The number of hydrogen-bond acceptors (Lipinski definition) is 7. The zero-order valence-electron chi connectivity index (χ0n) is 17.8. The van der Waals surface area contributed by atoms with E-state index in [9.17, 15) is 22.4 Å². The van der Waals surface area contributed by atoms with Crippen LogP contribution in [0.4, 0.5) is 4.39 Å². The molecule has 2 N–H and O–H groups in total. The Morgan fingerprint density at radius 1 is 1.03 bits per heavy atom. The van der Waals surface area contributed by atoms with Crippen LogP contribution in [0, 0.1) is 5.82 Å². The molecule has 3 rings (SSSR count). The molecule has 10 nitrogen and oxygen atoms in total. The van der Waals surface area contributed by atoms with Gasteiger partial charge in [0, 0.05) is 26.2 Å². The third-order valence-electron chi connectivity index (χ3n) is 5.26. The topological polar surface area (TPSA) is 117 Å². The van der Waals surface area contributed by atoms with E-state index in [-0.39, 0.29) is 18.0 Å². The normalized spacial score (nSPS) is 20.6. The lowest BCUT2D eigenvalue weighted by Crippen LogP contribution is -2.53. The predicted octanol–water partition coefficient (Wildman–Crippen LogP) is -0.482. The molecular weight excluding hydrogens is 443 g/mol. The summed E-state index contributed by atoms with van der Waals surface area (Å²) in [6.07, 6.45) is 0.222. The van der Waals surface area contributed by atoms with Crippen LogP contribution < -0.4 is 10.6 Å². The molecule has 2 amide bonds. The van der Waals surface area contributed by atoms with Crippen molar-refractivity contribution in [2.75, 3.05) is 59.1 Å². The Morgan fingerprint density at radius 2 is 1.72 bits per heavy atom. The second-order valence-electron chi connectivity index (χ2n) is 7.52. The Bertz CT molecular complexity index is 877. The molecular formula is C20H29FN4O6S. The van der Waals surface area contributed by atoms with Gasteiger partial charge in [0.15, 0.2) is 0 Å². The predicted molar refractivity (Wildman–Crippen MR) is 113 cm³/mol. The van der Waals surface area contributed by atoms with Crippen molar-refractivity contribution in [3.63, 3.8) is 0 Å². The Labute approximate surface area is 187 Å². The van der Waals surface area contributed by atoms with E-state index in [2.05, 4.69) is 15.5 Å². The highest BCUT2D eigenvalue weighted by Gasteiger charge is 2.35. The maximum atomic E-state index is 13.2. The molecule has 1 aromatic rings. The molecule has 0 bridgehead atoms. The van der Waals surface area contributed by atoms with Crippen LogP contribution in [0.15, 0.2) is 29.2 Å². The summed E-state index contributed by atoms with van der Waals surface area (Å²) in [4.78, 5) is 26.3. The molecule has 2 heterocycles. The number of nitrogens with zero attached hydrogens (tertiary/aromatic N) is 2. The van der Waals surface area contributed by atoms with Gasteiger partial charge in [-0.25, -0.2) is 12.8 Å². The molecule has 2 fully saturated rings. The number of sulfonamides is 1. The molecule has 0 radical (unpaired) electrons. The van der Waals surface area contributed by atoms with Crippen LogP contribution in [0.25, 0.3) is 0 Å². The minimum absolute atomic E-state index is 0.0706. The fourth-order valence-electron chi connectivity index (χ4n) is 3.51. The van der Waals surface area contributed by atoms with Crippen molar-refractivity contribution < 1.29 is 31.9 Å². The van der Waals surface area contributed by atoms with E-state index in [4.69, 9.17) is 9.47 Å². The Kier molecular flexibility index (Phi) is 8.93. The van der Waals surface area contributed by atoms with Gasteiger partial charge in [-0.05, 0) is 43.7 Å². The minimum atomic E-state index is -3.95. The number of hydrogen-bond donors (Lipinski definition) is 2. The highest BCUT2D eigenvalue weighted by Crippen LogP contribution is 2.22. The molecule has 178 valence electrons. The first kappa shape index (κ1) is 24.5. The van der Waals surface area contributed by atoms with Crippen molar-refractivity contribution in [1.29, 1.82) is 0 Å². The summed E-state index contributed by atoms with van der Waals surface area (Å²) in [6.45, 7) is 4.60. The van der Waals surface area contributed by atoms with Crippen molar-refractivity contribution in [2.45, 2.75) is 24.0 Å². The van der Waals surface area contributed by atoms with Crippen LogP contribution in [0.5, 0.6) is 0 Å². The molecule has 1 atom stereocenters. The Morgan fingerprint density at radius 3 is 2.44 bits per heavy atom. The molecule has 1 aromatic carbocycles. The van der Waals surface area contributed by atoms with E-state index in [1.807, 2.05) is 0 Å². The second-order valence-corrected chi connectivity index (χ2v) is 9.41. The summed E-state index contributed by atoms with van der Waals surface area (Å²) in [5.41, 5.74) is 0. The van der Waals surface area contributed by atoms with Crippen LogP contribution in [0.1, 0.15) is 12.8 Å². The van der Waals surface area contributed by atoms with Crippen LogP contribution in [-0.4, -0.2) is 94.8 Å². The highest BCUT2D eigenvalue weighted by molar-refractivity contribution is 7.89.